The summed E-state index contributed by atoms with van der Waals surface area (Å²) in [6, 6.07) is 4.22. The summed E-state index contributed by atoms with van der Waals surface area (Å²) < 4.78 is 0. The summed E-state index contributed by atoms with van der Waals surface area (Å²) in [6.45, 7) is 1.71. The summed E-state index contributed by atoms with van der Waals surface area (Å²) in [6.07, 6.45) is 9.09. The van der Waals surface area contributed by atoms with Gasteiger partial charge in [0.15, 0.2) is 5.96 Å². The third-order valence-electron chi connectivity index (χ3n) is 3.16. The predicted molar refractivity (Wildman–Crippen MR) is 94.4 cm³/mol. The van der Waals surface area contributed by atoms with E-state index in [1.54, 1.807) is 11.3 Å². The van der Waals surface area contributed by atoms with Crippen molar-refractivity contribution in [3.8, 4) is 0 Å². The molecule has 0 saturated heterocycles. The minimum Gasteiger partial charge on any atom is -0.370 e. The van der Waals surface area contributed by atoms with E-state index in [4.69, 9.17) is 5.73 Å². The number of hydrogen-bond donors (Lipinski definition) is 2. The molecular formula is C14H22IN3S. The normalized spacial score (nSPS) is 18.9. The van der Waals surface area contributed by atoms with Crippen LogP contribution in [-0.2, 0) is 6.42 Å². The summed E-state index contributed by atoms with van der Waals surface area (Å²) in [4.78, 5) is 5.80. The first-order chi connectivity index (χ1) is 8.84. The Morgan fingerprint density at radius 2 is 2.37 bits per heavy atom. The van der Waals surface area contributed by atoms with Crippen molar-refractivity contribution >= 4 is 41.3 Å². The van der Waals surface area contributed by atoms with Gasteiger partial charge >= 0.3 is 0 Å². The molecule has 0 aromatic carbocycles. The molecule has 0 saturated carbocycles. The fourth-order valence-electron chi connectivity index (χ4n) is 2.07. The molecule has 19 heavy (non-hydrogen) atoms. The van der Waals surface area contributed by atoms with Crippen molar-refractivity contribution in [2.75, 3.05) is 13.1 Å². The van der Waals surface area contributed by atoms with Crippen LogP contribution in [0.2, 0.25) is 0 Å². The largest absolute Gasteiger partial charge is 0.370 e. The van der Waals surface area contributed by atoms with Gasteiger partial charge in [0, 0.05) is 18.0 Å². The number of hydrogen-bond acceptors (Lipinski definition) is 2. The zero-order valence-corrected chi connectivity index (χ0v) is 14.2. The van der Waals surface area contributed by atoms with Gasteiger partial charge in [-0.25, -0.2) is 0 Å². The van der Waals surface area contributed by atoms with Gasteiger partial charge in [0.2, 0.25) is 0 Å². The Hall–Kier alpha value is -0.560. The number of nitrogens with zero attached hydrogens (tertiary/aromatic N) is 1. The fourth-order valence-corrected chi connectivity index (χ4v) is 2.78. The molecule has 1 aromatic heterocycles. The third-order valence-corrected chi connectivity index (χ3v) is 4.09. The number of guanidine groups is 1. The SMILES string of the molecule is I.NC(=NCC1CC=CCC1)NCCc1cccs1. The standard InChI is InChI=1S/C14H21N3S.HI/c15-14(16-9-8-13-7-4-10-18-13)17-11-12-5-2-1-3-6-12;/h1-2,4,7,10,12H,3,5-6,8-9,11H2,(H3,15,16,17);1H. The number of thiophene rings is 1. The lowest BCUT2D eigenvalue weighted by Gasteiger charge is -2.15. The molecule has 1 aliphatic rings. The van der Waals surface area contributed by atoms with Gasteiger partial charge in [-0.2, -0.15) is 0 Å². The first kappa shape index (κ1) is 16.5. The summed E-state index contributed by atoms with van der Waals surface area (Å²) in [5.74, 6) is 1.26. The van der Waals surface area contributed by atoms with Crippen LogP contribution in [0, 0.1) is 5.92 Å². The van der Waals surface area contributed by atoms with Crippen molar-refractivity contribution in [1.82, 2.24) is 5.32 Å². The highest BCUT2D eigenvalue weighted by Gasteiger charge is 2.08. The average molecular weight is 391 g/mol. The Kier molecular flexibility index (Phi) is 8.13. The van der Waals surface area contributed by atoms with Gasteiger partial charge in [-0.1, -0.05) is 18.2 Å². The number of rotatable bonds is 5. The molecule has 5 heteroatoms. The molecule has 1 aromatic rings. The highest BCUT2D eigenvalue weighted by atomic mass is 127. The first-order valence-corrected chi connectivity index (χ1v) is 7.44. The monoisotopic (exact) mass is 391 g/mol. The molecule has 1 unspecified atom stereocenters. The molecule has 0 spiro atoms. The Morgan fingerprint density at radius 3 is 3.05 bits per heavy atom. The van der Waals surface area contributed by atoms with Crippen LogP contribution in [0.3, 0.4) is 0 Å². The van der Waals surface area contributed by atoms with E-state index >= 15 is 0 Å². The molecule has 0 bridgehead atoms. The number of allylic oxidation sites excluding steroid dienone is 2. The fraction of sp³-hybridized carbons (Fsp3) is 0.500. The van der Waals surface area contributed by atoms with Crippen molar-refractivity contribution in [3.63, 3.8) is 0 Å². The van der Waals surface area contributed by atoms with Crippen LogP contribution < -0.4 is 11.1 Å². The van der Waals surface area contributed by atoms with E-state index in [-0.39, 0.29) is 24.0 Å². The topological polar surface area (TPSA) is 50.4 Å². The van der Waals surface area contributed by atoms with Gasteiger partial charge in [-0.15, -0.1) is 35.3 Å². The van der Waals surface area contributed by atoms with Crippen LogP contribution >= 0.6 is 35.3 Å². The van der Waals surface area contributed by atoms with E-state index in [1.807, 2.05) is 0 Å². The molecule has 1 atom stereocenters. The molecule has 2 rings (SSSR count). The van der Waals surface area contributed by atoms with Crippen molar-refractivity contribution in [3.05, 3.63) is 34.5 Å². The summed E-state index contributed by atoms with van der Waals surface area (Å²) in [5.41, 5.74) is 5.85. The van der Waals surface area contributed by atoms with Gasteiger partial charge in [0.05, 0.1) is 0 Å². The minimum atomic E-state index is 0. The lowest BCUT2D eigenvalue weighted by molar-refractivity contribution is 0.491. The first-order valence-electron chi connectivity index (χ1n) is 6.56. The molecular weight excluding hydrogens is 369 g/mol. The zero-order valence-electron chi connectivity index (χ0n) is 11.0. The van der Waals surface area contributed by atoms with E-state index in [2.05, 4.69) is 40.0 Å². The summed E-state index contributed by atoms with van der Waals surface area (Å²) >= 11 is 1.78. The lowest BCUT2D eigenvalue weighted by Crippen LogP contribution is -2.33. The van der Waals surface area contributed by atoms with Crippen molar-refractivity contribution in [2.45, 2.75) is 25.7 Å². The molecule has 0 amide bonds. The van der Waals surface area contributed by atoms with Gasteiger partial charge in [-0.3, -0.25) is 4.99 Å². The van der Waals surface area contributed by atoms with Crippen molar-refractivity contribution in [1.29, 1.82) is 0 Å². The highest BCUT2D eigenvalue weighted by molar-refractivity contribution is 14.0. The second-order valence-corrected chi connectivity index (χ2v) is 5.66. The second kappa shape index (κ2) is 9.36. The van der Waals surface area contributed by atoms with Crippen LogP contribution in [0.1, 0.15) is 24.1 Å². The van der Waals surface area contributed by atoms with Crippen LogP contribution in [0.4, 0.5) is 0 Å². The van der Waals surface area contributed by atoms with Gasteiger partial charge in [-0.05, 0) is 43.0 Å². The Labute approximate surface area is 136 Å². The molecule has 106 valence electrons. The summed E-state index contributed by atoms with van der Waals surface area (Å²) in [7, 11) is 0. The van der Waals surface area contributed by atoms with E-state index < -0.39 is 0 Å². The molecule has 1 aliphatic carbocycles. The maximum atomic E-state index is 5.85. The summed E-state index contributed by atoms with van der Waals surface area (Å²) in [5, 5.41) is 5.28. The number of nitrogens with two attached hydrogens (primary N) is 1. The minimum absolute atomic E-state index is 0. The van der Waals surface area contributed by atoms with Gasteiger partial charge in [0.1, 0.15) is 0 Å². The average Bonchev–Trinajstić information content (AvgIpc) is 2.91. The molecule has 3 N–H and O–H groups in total. The van der Waals surface area contributed by atoms with Gasteiger partial charge in [0.25, 0.3) is 0 Å². The molecule has 1 heterocycles. The highest BCUT2D eigenvalue weighted by Crippen LogP contribution is 2.17. The van der Waals surface area contributed by atoms with Crippen LogP contribution in [0.5, 0.6) is 0 Å². The predicted octanol–water partition coefficient (Wildman–Crippen LogP) is 3.17. The van der Waals surface area contributed by atoms with Gasteiger partial charge < -0.3 is 11.1 Å². The van der Waals surface area contributed by atoms with Crippen LogP contribution in [0.25, 0.3) is 0 Å². The Morgan fingerprint density at radius 1 is 1.47 bits per heavy atom. The molecule has 0 aliphatic heterocycles. The third kappa shape index (κ3) is 6.42. The number of aliphatic imine (C=N–C) groups is 1. The maximum Gasteiger partial charge on any atom is 0.188 e. The van der Waals surface area contributed by atoms with E-state index in [9.17, 15) is 0 Å². The smallest absolute Gasteiger partial charge is 0.188 e. The molecule has 0 fully saturated rings. The lowest BCUT2D eigenvalue weighted by atomic mass is 9.95. The second-order valence-electron chi connectivity index (χ2n) is 4.63. The Bertz CT molecular complexity index is 401. The molecule has 0 radical (unpaired) electrons. The van der Waals surface area contributed by atoms with Crippen LogP contribution in [-0.4, -0.2) is 19.0 Å². The zero-order chi connectivity index (χ0) is 12.6. The Balaban J connectivity index is 0.00000180. The number of nitrogens with one attached hydrogen (secondary N) is 1. The van der Waals surface area contributed by atoms with Crippen molar-refractivity contribution < 1.29 is 0 Å². The number of halogens is 1. The quantitative estimate of drug-likeness (QED) is 0.351. The van der Waals surface area contributed by atoms with E-state index in [0.717, 1.165) is 25.9 Å². The van der Waals surface area contributed by atoms with Crippen molar-refractivity contribution in [2.24, 2.45) is 16.6 Å². The van der Waals surface area contributed by atoms with Crippen LogP contribution in [0.15, 0.2) is 34.7 Å². The van der Waals surface area contributed by atoms with E-state index in [1.165, 1.54) is 17.7 Å². The van der Waals surface area contributed by atoms with E-state index in [0.29, 0.717) is 11.9 Å². The molecule has 3 nitrogen and oxygen atoms in total. The maximum absolute atomic E-state index is 5.85.